The van der Waals surface area contributed by atoms with E-state index in [2.05, 4.69) is 69.9 Å². The first-order chi connectivity index (χ1) is 12.2. The fourth-order valence-electron chi connectivity index (χ4n) is 3.17. The standard InChI is InChI=1S/C21H20N4/c1-24(2)13-16-4-3-5-18(10-16)19-11-20(17-6-8-22-9-7-17)21-12-23-15-25(21)14-19/h3-12,14-15H,13H2,1-2H3. The van der Waals surface area contributed by atoms with E-state index in [4.69, 9.17) is 0 Å². The Balaban J connectivity index is 1.86. The molecule has 4 nitrogen and oxygen atoms in total. The number of nitrogens with zero attached hydrogens (tertiary/aromatic N) is 4. The second kappa shape index (κ2) is 6.49. The van der Waals surface area contributed by atoms with E-state index in [1.807, 2.05) is 37.1 Å². The molecular formula is C21H20N4. The zero-order valence-electron chi connectivity index (χ0n) is 14.4. The van der Waals surface area contributed by atoms with Crippen LogP contribution in [0.25, 0.3) is 27.8 Å². The van der Waals surface area contributed by atoms with Gasteiger partial charge in [-0.1, -0.05) is 18.2 Å². The van der Waals surface area contributed by atoms with Gasteiger partial charge in [-0.2, -0.15) is 0 Å². The molecule has 4 rings (SSSR count). The van der Waals surface area contributed by atoms with Crippen LogP contribution in [0.2, 0.25) is 0 Å². The second-order valence-corrected chi connectivity index (χ2v) is 6.50. The lowest BCUT2D eigenvalue weighted by atomic mass is 9.99. The number of pyridine rings is 2. The molecule has 25 heavy (non-hydrogen) atoms. The molecule has 0 aliphatic carbocycles. The van der Waals surface area contributed by atoms with Crippen molar-refractivity contribution in [1.29, 1.82) is 0 Å². The molecule has 0 spiro atoms. The molecule has 0 atom stereocenters. The minimum atomic E-state index is 0.929. The SMILES string of the molecule is CN(C)Cc1cccc(-c2cc(-c3ccncc3)c3cncn3c2)c1. The van der Waals surface area contributed by atoms with Crippen LogP contribution in [-0.4, -0.2) is 33.4 Å². The van der Waals surface area contributed by atoms with Crippen LogP contribution in [-0.2, 0) is 6.54 Å². The Kier molecular flexibility index (Phi) is 4.04. The summed E-state index contributed by atoms with van der Waals surface area (Å²) in [5.41, 5.74) is 7.10. The van der Waals surface area contributed by atoms with Crippen molar-refractivity contribution in [2.24, 2.45) is 0 Å². The molecule has 3 heterocycles. The summed E-state index contributed by atoms with van der Waals surface area (Å²) in [6, 6.07) is 15.0. The van der Waals surface area contributed by atoms with Crippen molar-refractivity contribution < 1.29 is 0 Å². The van der Waals surface area contributed by atoms with E-state index in [0.717, 1.165) is 23.2 Å². The van der Waals surface area contributed by atoms with Gasteiger partial charge in [-0.3, -0.25) is 4.98 Å². The van der Waals surface area contributed by atoms with Crippen LogP contribution in [0.1, 0.15) is 5.56 Å². The van der Waals surface area contributed by atoms with Gasteiger partial charge >= 0.3 is 0 Å². The lowest BCUT2D eigenvalue weighted by molar-refractivity contribution is 0.402. The van der Waals surface area contributed by atoms with Crippen LogP contribution in [0.15, 0.2) is 73.6 Å². The van der Waals surface area contributed by atoms with Gasteiger partial charge in [-0.25, -0.2) is 4.98 Å². The van der Waals surface area contributed by atoms with Gasteiger partial charge in [-0.15, -0.1) is 0 Å². The summed E-state index contributed by atoms with van der Waals surface area (Å²) in [4.78, 5) is 10.6. The van der Waals surface area contributed by atoms with E-state index >= 15 is 0 Å². The van der Waals surface area contributed by atoms with E-state index in [1.165, 1.54) is 16.7 Å². The molecule has 4 heteroatoms. The van der Waals surface area contributed by atoms with Gasteiger partial charge in [0.25, 0.3) is 0 Å². The minimum Gasteiger partial charge on any atom is -0.305 e. The average Bonchev–Trinajstić information content (AvgIpc) is 3.10. The fraction of sp³-hybridized carbons (Fsp3) is 0.143. The van der Waals surface area contributed by atoms with E-state index in [0.29, 0.717) is 0 Å². The summed E-state index contributed by atoms with van der Waals surface area (Å²) in [6.45, 7) is 0.929. The number of hydrogen-bond donors (Lipinski definition) is 0. The molecule has 3 aromatic heterocycles. The molecule has 0 fully saturated rings. The predicted octanol–water partition coefficient (Wildman–Crippen LogP) is 4.12. The first-order valence-electron chi connectivity index (χ1n) is 8.31. The highest BCUT2D eigenvalue weighted by Crippen LogP contribution is 2.30. The van der Waals surface area contributed by atoms with Crippen molar-refractivity contribution >= 4 is 5.52 Å². The Labute approximate surface area is 147 Å². The molecule has 0 amide bonds. The van der Waals surface area contributed by atoms with Crippen LogP contribution < -0.4 is 0 Å². The van der Waals surface area contributed by atoms with Crippen LogP contribution in [0.4, 0.5) is 0 Å². The van der Waals surface area contributed by atoms with E-state index in [-0.39, 0.29) is 0 Å². The number of hydrogen-bond acceptors (Lipinski definition) is 3. The number of fused-ring (bicyclic) bond motifs is 1. The normalized spacial score (nSPS) is 11.3. The maximum absolute atomic E-state index is 4.32. The van der Waals surface area contributed by atoms with Gasteiger partial charge in [-0.05, 0) is 60.6 Å². The van der Waals surface area contributed by atoms with E-state index in [1.54, 1.807) is 0 Å². The predicted molar refractivity (Wildman–Crippen MR) is 101 cm³/mol. The smallest absolute Gasteiger partial charge is 0.0992 e. The largest absolute Gasteiger partial charge is 0.305 e. The van der Waals surface area contributed by atoms with Crippen molar-refractivity contribution in [3.8, 4) is 22.3 Å². The van der Waals surface area contributed by atoms with Crippen molar-refractivity contribution in [2.45, 2.75) is 6.54 Å². The number of aromatic nitrogens is 3. The van der Waals surface area contributed by atoms with Crippen molar-refractivity contribution in [2.75, 3.05) is 14.1 Å². The van der Waals surface area contributed by atoms with Crippen LogP contribution in [0, 0.1) is 0 Å². The molecular weight excluding hydrogens is 308 g/mol. The van der Waals surface area contributed by atoms with Crippen molar-refractivity contribution in [1.82, 2.24) is 19.3 Å². The van der Waals surface area contributed by atoms with E-state index in [9.17, 15) is 0 Å². The van der Waals surface area contributed by atoms with Crippen molar-refractivity contribution in [3.63, 3.8) is 0 Å². The quantitative estimate of drug-likeness (QED) is 0.565. The molecule has 124 valence electrons. The molecule has 0 unspecified atom stereocenters. The van der Waals surface area contributed by atoms with Crippen LogP contribution in [0.5, 0.6) is 0 Å². The summed E-state index contributed by atoms with van der Waals surface area (Å²) in [5, 5.41) is 0. The zero-order chi connectivity index (χ0) is 17.2. The number of rotatable bonds is 4. The second-order valence-electron chi connectivity index (χ2n) is 6.50. The molecule has 1 aromatic carbocycles. The lowest BCUT2D eigenvalue weighted by Gasteiger charge is -2.12. The van der Waals surface area contributed by atoms with Crippen molar-refractivity contribution in [3.05, 3.63) is 79.1 Å². The Hall–Kier alpha value is -2.98. The summed E-state index contributed by atoms with van der Waals surface area (Å²) < 4.78 is 2.09. The third-order valence-corrected chi connectivity index (χ3v) is 4.27. The molecule has 0 N–H and O–H groups in total. The molecule has 0 bridgehead atoms. The molecule has 0 aliphatic heterocycles. The Morgan fingerprint density at radius 2 is 1.76 bits per heavy atom. The van der Waals surface area contributed by atoms with Gasteiger partial charge in [0.05, 0.1) is 18.0 Å². The third kappa shape index (κ3) is 3.16. The Bertz CT molecular complexity index is 1000. The highest BCUT2D eigenvalue weighted by molar-refractivity contribution is 5.84. The lowest BCUT2D eigenvalue weighted by Crippen LogP contribution is -2.10. The van der Waals surface area contributed by atoms with Gasteiger partial charge in [0, 0.05) is 30.7 Å². The monoisotopic (exact) mass is 328 g/mol. The summed E-state index contributed by atoms with van der Waals surface area (Å²) >= 11 is 0. The average molecular weight is 328 g/mol. The molecule has 0 saturated carbocycles. The maximum atomic E-state index is 4.32. The van der Waals surface area contributed by atoms with Crippen LogP contribution >= 0.6 is 0 Å². The Morgan fingerprint density at radius 3 is 2.56 bits per heavy atom. The Morgan fingerprint density at radius 1 is 0.920 bits per heavy atom. The number of imidazole rings is 1. The first-order valence-corrected chi connectivity index (χ1v) is 8.31. The van der Waals surface area contributed by atoms with Gasteiger partial charge < -0.3 is 9.30 Å². The maximum Gasteiger partial charge on any atom is 0.0992 e. The highest BCUT2D eigenvalue weighted by atomic mass is 15.0. The molecule has 0 aliphatic rings. The number of benzene rings is 1. The van der Waals surface area contributed by atoms with E-state index < -0.39 is 0 Å². The van der Waals surface area contributed by atoms with Gasteiger partial charge in [0.2, 0.25) is 0 Å². The summed E-state index contributed by atoms with van der Waals surface area (Å²) in [6.07, 6.45) is 9.55. The topological polar surface area (TPSA) is 33.4 Å². The highest BCUT2D eigenvalue weighted by Gasteiger charge is 2.09. The summed E-state index contributed by atoms with van der Waals surface area (Å²) in [5.74, 6) is 0. The summed E-state index contributed by atoms with van der Waals surface area (Å²) in [7, 11) is 4.18. The third-order valence-electron chi connectivity index (χ3n) is 4.27. The van der Waals surface area contributed by atoms with Gasteiger partial charge in [0.15, 0.2) is 0 Å². The minimum absolute atomic E-state index is 0.929. The first kappa shape index (κ1) is 15.5. The zero-order valence-corrected chi connectivity index (χ0v) is 14.4. The van der Waals surface area contributed by atoms with Crippen LogP contribution in [0.3, 0.4) is 0 Å². The molecule has 0 saturated heterocycles. The van der Waals surface area contributed by atoms with Gasteiger partial charge in [0.1, 0.15) is 0 Å². The fourth-order valence-corrected chi connectivity index (χ4v) is 3.17. The molecule has 0 radical (unpaired) electrons. The molecule has 4 aromatic rings.